The summed E-state index contributed by atoms with van der Waals surface area (Å²) in [7, 11) is 0. The first-order valence-electron chi connectivity index (χ1n) is 19.0. The van der Waals surface area contributed by atoms with E-state index in [4.69, 9.17) is 0 Å². The van der Waals surface area contributed by atoms with Gasteiger partial charge in [-0.15, -0.1) is 0 Å². The molecule has 262 valence electrons. The van der Waals surface area contributed by atoms with Crippen molar-refractivity contribution in [2.24, 2.45) is 0 Å². The van der Waals surface area contributed by atoms with E-state index in [0.717, 1.165) is 57.8 Å². The Morgan fingerprint density at radius 3 is 1.15 bits per heavy atom. The first-order valence-corrected chi connectivity index (χ1v) is 19.0. The zero-order chi connectivity index (χ0) is 35.5. The van der Waals surface area contributed by atoms with Crippen molar-refractivity contribution in [2.45, 2.75) is 159 Å². The molecule has 0 aromatic heterocycles. The van der Waals surface area contributed by atoms with E-state index in [1.165, 1.54) is 110 Å². The number of benzene rings is 1. The molecule has 0 aliphatic heterocycles. The van der Waals surface area contributed by atoms with Crippen LogP contribution in [-0.2, 0) is 6.42 Å². The zero-order valence-corrected chi connectivity index (χ0v) is 32.7. The maximum Gasteiger partial charge on any atom is -0.00861 e. The standard InChI is InChI=1S/C48H70/c1-36(2)20-14-21-37(3)22-15-23-38(4)24-16-25-39(5)26-17-27-40(6)28-18-29-41(7)30-19-31-42(8)34-35-46-43(9)44(10)47-32-12-13-33-48(47)45(46)11/h20,22,24,26,28,30,32-34H,10-19,21,23,25,27,29,31,35H2,1-9H3/b37-22+,38-24+,39-26+,40-28+,41-30+,42-34+. The minimum Gasteiger partial charge on any atom is -0.0909 e. The van der Waals surface area contributed by atoms with Gasteiger partial charge < -0.3 is 0 Å². The molecule has 0 fully saturated rings. The van der Waals surface area contributed by atoms with Gasteiger partial charge in [0.25, 0.3) is 0 Å². The van der Waals surface area contributed by atoms with Crippen LogP contribution in [0.4, 0.5) is 0 Å². The zero-order valence-electron chi connectivity index (χ0n) is 32.7. The van der Waals surface area contributed by atoms with Crippen molar-refractivity contribution in [3.8, 4) is 0 Å². The first-order chi connectivity index (χ1) is 22.9. The largest absolute Gasteiger partial charge is 0.0909 e. The van der Waals surface area contributed by atoms with Gasteiger partial charge in [0.15, 0.2) is 0 Å². The van der Waals surface area contributed by atoms with Crippen LogP contribution in [0.3, 0.4) is 0 Å². The highest BCUT2D eigenvalue weighted by Gasteiger charge is 2.06. The predicted octanol–water partition coefficient (Wildman–Crippen LogP) is 12.0. The highest BCUT2D eigenvalue weighted by atomic mass is 14.1. The minimum atomic E-state index is 0.952. The van der Waals surface area contributed by atoms with Crippen molar-refractivity contribution < 1.29 is 0 Å². The van der Waals surface area contributed by atoms with Crippen LogP contribution in [0, 0.1) is 6.92 Å². The lowest BCUT2D eigenvalue weighted by molar-refractivity contribution is 0.883. The summed E-state index contributed by atoms with van der Waals surface area (Å²) in [6, 6.07) is 0. The number of hydrogen-bond acceptors (Lipinski definition) is 0. The Morgan fingerprint density at radius 2 is 0.792 bits per heavy atom. The van der Waals surface area contributed by atoms with Gasteiger partial charge in [-0.1, -0.05) is 107 Å². The number of fused-ring (bicyclic) bond motifs is 1. The van der Waals surface area contributed by atoms with Crippen LogP contribution in [0.2, 0.25) is 0 Å². The molecule has 0 amide bonds. The van der Waals surface area contributed by atoms with Gasteiger partial charge in [0.2, 0.25) is 0 Å². The molecule has 1 aromatic carbocycles. The Morgan fingerprint density at radius 1 is 0.479 bits per heavy atom. The van der Waals surface area contributed by atoms with Crippen LogP contribution < -0.4 is 20.9 Å². The molecule has 1 aliphatic rings. The number of rotatable bonds is 20. The van der Waals surface area contributed by atoms with Crippen LogP contribution in [0.25, 0.3) is 25.3 Å². The van der Waals surface area contributed by atoms with Crippen LogP contribution in [-0.4, -0.2) is 0 Å². The quantitative estimate of drug-likeness (QED) is 0.124. The summed E-state index contributed by atoms with van der Waals surface area (Å²) < 4.78 is 0. The van der Waals surface area contributed by atoms with E-state index in [-0.39, 0.29) is 0 Å². The summed E-state index contributed by atoms with van der Waals surface area (Å²) in [6.45, 7) is 29.2. The second-order valence-corrected chi connectivity index (χ2v) is 14.9. The van der Waals surface area contributed by atoms with Crippen molar-refractivity contribution in [2.75, 3.05) is 0 Å². The summed E-state index contributed by atoms with van der Waals surface area (Å²) >= 11 is 0. The average Bonchev–Trinajstić information content (AvgIpc) is 3.03. The van der Waals surface area contributed by atoms with Crippen molar-refractivity contribution >= 4 is 25.3 Å². The summed E-state index contributed by atoms with van der Waals surface area (Å²) in [6.07, 6.45) is 38.8. The molecular weight excluding hydrogens is 577 g/mol. The highest BCUT2D eigenvalue weighted by Crippen LogP contribution is 2.16. The molecule has 0 bridgehead atoms. The summed E-state index contributed by atoms with van der Waals surface area (Å²) in [5, 5.41) is 5.02. The van der Waals surface area contributed by atoms with E-state index in [1.807, 2.05) is 0 Å². The fourth-order valence-electron chi connectivity index (χ4n) is 6.50. The van der Waals surface area contributed by atoms with Gasteiger partial charge in [-0.05, 0) is 191 Å². The molecule has 0 spiro atoms. The second-order valence-electron chi connectivity index (χ2n) is 14.9. The fraction of sp³-hybridized carbons (Fsp3) is 0.500. The normalized spacial score (nSPS) is 14.9. The van der Waals surface area contributed by atoms with E-state index < -0.39 is 0 Å². The van der Waals surface area contributed by atoms with Crippen molar-refractivity contribution in [3.63, 3.8) is 0 Å². The first kappa shape index (κ1) is 41.1. The Balaban J connectivity index is 1.67. The Labute approximate surface area is 296 Å². The fourth-order valence-corrected chi connectivity index (χ4v) is 6.50. The lowest BCUT2D eigenvalue weighted by atomic mass is 9.94. The van der Waals surface area contributed by atoms with E-state index in [9.17, 15) is 0 Å². The van der Waals surface area contributed by atoms with Crippen LogP contribution >= 0.6 is 0 Å². The smallest absolute Gasteiger partial charge is 0.00861 e. The van der Waals surface area contributed by atoms with Gasteiger partial charge in [-0.2, -0.15) is 0 Å². The molecule has 0 heterocycles. The van der Waals surface area contributed by atoms with Gasteiger partial charge in [0.05, 0.1) is 0 Å². The van der Waals surface area contributed by atoms with Crippen LogP contribution in [0.15, 0.2) is 81.5 Å². The predicted molar refractivity (Wildman–Crippen MR) is 220 cm³/mol. The van der Waals surface area contributed by atoms with E-state index >= 15 is 0 Å². The Kier molecular flexibility index (Phi) is 19.2. The molecule has 48 heavy (non-hydrogen) atoms. The van der Waals surface area contributed by atoms with Crippen LogP contribution in [0.1, 0.15) is 156 Å². The van der Waals surface area contributed by atoms with Crippen LogP contribution in [0.5, 0.6) is 0 Å². The Hall–Kier alpha value is -3.12. The van der Waals surface area contributed by atoms with Gasteiger partial charge in [-0.25, -0.2) is 0 Å². The maximum absolute atomic E-state index is 4.47. The molecule has 0 radical (unpaired) electrons. The molecule has 0 saturated carbocycles. The number of allylic oxidation sites excluding steroid dienone is 14. The van der Waals surface area contributed by atoms with Crippen molar-refractivity contribution in [1.29, 1.82) is 0 Å². The molecule has 0 N–H and O–H groups in total. The molecule has 2 rings (SSSR count). The molecular formula is C48H70. The SMILES string of the molecule is C=c1c(C)c(C/C=C(\C)CC/C=C(\C)CC/C=C(\C)CC/C=C(\C)CC/C=C(\C)CC/C=C(\C)CCC=C(C)C)c(=C)c2c1=CCCC=2. The second kappa shape index (κ2) is 22.5. The lowest BCUT2D eigenvalue weighted by Crippen LogP contribution is -2.51. The summed E-state index contributed by atoms with van der Waals surface area (Å²) in [5.74, 6) is 0. The third-order valence-corrected chi connectivity index (χ3v) is 9.98. The molecule has 0 unspecified atom stereocenters. The van der Waals surface area contributed by atoms with Gasteiger partial charge in [0.1, 0.15) is 0 Å². The molecule has 1 aromatic rings. The topological polar surface area (TPSA) is 0 Å². The highest BCUT2D eigenvalue weighted by molar-refractivity contribution is 5.46. The molecule has 0 nitrogen and oxygen atoms in total. The summed E-state index contributed by atoms with van der Waals surface area (Å²) in [4.78, 5) is 0. The minimum absolute atomic E-state index is 0.952. The average molecular weight is 647 g/mol. The third-order valence-electron chi connectivity index (χ3n) is 9.98. The van der Waals surface area contributed by atoms with Gasteiger partial charge in [-0.3, -0.25) is 0 Å². The van der Waals surface area contributed by atoms with E-state index in [2.05, 4.69) is 130 Å². The Bertz CT molecular complexity index is 1630. The number of hydrogen-bond donors (Lipinski definition) is 0. The maximum atomic E-state index is 4.47. The monoisotopic (exact) mass is 647 g/mol. The third kappa shape index (κ3) is 15.9. The molecule has 0 saturated heterocycles. The van der Waals surface area contributed by atoms with Gasteiger partial charge >= 0.3 is 0 Å². The van der Waals surface area contributed by atoms with Crippen molar-refractivity contribution in [3.05, 3.63) is 114 Å². The summed E-state index contributed by atoms with van der Waals surface area (Å²) in [5.41, 5.74) is 13.2. The van der Waals surface area contributed by atoms with E-state index in [0.29, 0.717) is 0 Å². The molecule has 0 atom stereocenters. The van der Waals surface area contributed by atoms with Crippen molar-refractivity contribution in [1.82, 2.24) is 0 Å². The lowest BCUT2D eigenvalue weighted by Gasteiger charge is -2.11. The van der Waals surface area contributed by atoms with Gasteiger partial charge in [0, 0.05) is 0 Å². The molecule has 0 heteroatoms. The van der Waals surface area contributed by atoms with E-state index in [1.54, 1.807) is 0 Å². The molecule has 1 aliphatic carbocycles.